The zero-order chi connectivity index (χ0) is 37.1. The first kappa shape index (κ1) is 46.2. The van der Waals surface area contributed by atoms with Gasteiger partial charge in [-0.3, -0.25) is 9.59 Å². The maximum absolute atomic E-state index is 12.6. The maximum atomic E-state index is 12.6. The molecule has 0 aliphatic carbocycles. The number of carbonyl (C=O) groups excluding carboxylic acids is 2. The summed E-state index contributed by atoms with van der Waals surface area (Å²) >= 11 is 0. The molecular weight excluding hydrogens is 630 g/mol. The lowest BCUT2D eigenvalue weighted by Gasteiger charge is -2.31. The average molecular weight is 697 g/mol. The number of carboxylic acid groups (broad SMARTS) is 1. The zero-order valence-corrected chi connectivity index (χ0v) is 31.5. The Bertz CT molecular complexity index is 1140. The Morgan fingerprint density at radius 2 is 1.18 bits per heavy atom. The minimum Gasteiger partial charge on any atom is -0.477 e. The van der Waals surface area contributed by atoms with Crippen LogP contribution in [0.5, 0.6) is 0 Å². The first-order chi connectivity index (χ1) is 24.1. The number of hydrogen-bond acceptors (Lipinski definition) is 6. The number of esters is 2. The predicted octanol–water partition coefficient (Wildman–Crippen LogP) is 9.18. The van der Waals surface area contributed by atoms with Gasteiger partial charge in [-0.1, -0.05) is 130 Å². The second-order valence-electron chi connectivity index (χ2n) is 12.9. The molecule has 0 amide bonds. The van der Waals surface area contributed by atoms with Crippen molar-refractivity contribution < 1.29 is 38.2 Å². The molecule has 8 heteroatoms. The maximum Gasteiger partial charge on any atom is 0.362 e. The number of carboxylic acids is 1. The molecule has 0 radical (unpaired) electrons. The van der Waals surface area contributed by atoms with E-state index in [0.717, 1.165) is 38.5 Å². The van der Waals surface area contributed by atoms with Crippen molar-refractivity contribution in [2.45, 2.75) is 109 Å². The van der Waals surface area contributed by atoms with Crippen molar-refractivity contribution in [3.63, 3.8) is 0 Å². The van der Waals surface area contributed by atoms with Crippen LogP contribution in [-0.4, -0.2) is 80.6 Å². The van der Waals surface area contributed by atoms with Crippen LogP contribution < -0.4 is 0 Å². The molecule has 0 saturated carbocycles. The van der Waals surface area contributed by atoms with Crippen LogP contribution in [0.3, 0.4) is 0 Å². The van der Waals surface area contributed by atoms with E-state index in [1.807, 2.05) is 100 Å². The highest BCUT2D eigenvalue weighted by Gasteiger charge is 2.31. The molecule has 0 fully saturated rings. The fraction of sp³-hybridized carbons (Fsp3) is 0.548. The van der Waals surface area contributed by atoms with Gasteiger partial charge in [0.2, 0.25) is 0 Å². The molecule has 280 valence electrons. The highest BCUT2D eigenvalue weighted by molar-refractivity contribution is 5.72. The standard InChI is InChI=1S/C42H65NO7/c1-6-8-10-12-14-15-16-17-18-19-20-21-22-23-24-25-27-29-31-33-41(45)50-38(36-48-35-34-39(42(46)47)43(3,4)5)37-49-40(44)32-30-28-26-13-11-9-7-2/h8,10,12,14-24,26,28,38-39H,6-7,9,11,13,25,27,29-37H2,1-5H3/p+1/b10-8+,14-12+,16-15+,18-17+,20-19+,22-21+,24-23+,28-26+. The van der Waals surface area contributed by atoms with Crippen LogP contribution in [0.25, 0.3) is 0 Å². The smallest absolute Gasteiger partial charge is 0.362 e. The van der Waals surface area contributed by atoms with Crippen LogP contribution in [0.4, 0.5) is 0 Å². The summed E-state index contributed by atoms with van der Waals surface area (Å²) in [6.07, 6.45) is 41.9. The highest BCUT2D eigenvalue weighted by atomic mass is 16.6. The second-order valence-corrected chi connectivity index (χ2v) is 12.9. The number of hydrogen-bond donors (Lipinski definition) is 1. The van der Waals surface area contributed by atoms with E-state index in [9.17, 15) is 19.5 Å². The summed E-state index contributed by atoms with van der Waals surface area (Å²) in [4.78, 5) is 36.6. The molecule has 2 unspecified atom stereocenters. The van der Waals surface area contributed by atoms with Gasteiger partial charge in [0.15, 0.2) is 12.1 Å². The lowest BCUT2D eigenvalue weighted by atomic mass is 10.1. The van der Waals surface area contributed by atoms with E-state index in [4.69, 9.17) is 14.2 Å². The third-order valence-electron chi connectivity index (χ3n) is 7.43. The lowest BCUT2D eigenvalue weighted by Crippen LogP contribution is -2.50. The molecule has 2 atom stereocenters. The van der Waals surface area contributed by atoms with Crippen molar-refractivity contribution in [3.05, 3.63) is 97.2 Å². The fourth-order valence-corrected chi connectivity index (χ4v) is 4.56. The van der Waals surface area contributed by atoms with Crippen molar-refractivity contribution in [3.8, 4) is 0 Å². The van der Waals surface area contributed by atoms with Crippen LogP contribution in [0.2, 0.25) is 0 Å². The molecule has 1 N–H and O–H groups in total. The quantitative estimate of drug-likeness (QED) is 0.0263. The SMILES string of the molecule is CC/C=C/C=C/C=C/C=C/C=C/C=C/C=C/CCCCCC(=O)OC(COCCC(C(=O)O)[N+](C)(C)C)COC(=O)CC/C=C/CCCCC. The predicted molar refractivity (Wildman–Crippen MR) is 206 cm³/mol. The van der Waals surface area contributed by atoms with Crippen molar-refractivity contribution in [1.29, 1.82) is 0 Å². The summed E-state index contributed by atoms with van der Waals surface area (Å²) in [6, 6.07) is -0.632. The van der Waals surface area contributed by atoms with Gasteiger partial charge in [0.05, 0.1) is 34.4 Å². The third kappa shape index (κ3) is 30.3. The molecule has 0 aromatic carbocycles. The number of aliphatic carboxylic acids is 1. The zero-order valence-electron chi connectivity index (χ0n) is 31.5. The monoisotopic (exact) mass is 696 g/mol. The largest absolute Gasteiger partial charge is 0.477 e. The molecular formula is C42H66NO7+. The van der Waals surface area contributed by atoms with E-state index < -0.39 is 18.1 Å². The number of carbonyl (C=O) groups is 3. The first-order valence-electron chi connectivity index (χ1n) is 18.4. The number of ether oxygens (including phenoxy) is 3. The molecule has 0 rings (SSSR count). The Labute approximate surface area is 303 Å². The molecule has 0 aliphatic rings. The molecule has 0 spiro atoms. The number of allylic oxidation sites excluding steroid dienone is 16. The van der Waals surface area contributed by atoms with Crippen molar-refractivity contribution in [2.24, 2.45) is 0 Å². The molecule has 0 aliphatic heterocycles. The van der Waals surface area contributed by atoms with Crippen LogP contribution in [-0.2, 0) is 28.6 Å². The highest BCUT2D eigenvalue weighted by Crippen LogP contribution is 2.11. The fourth-order valence-electron chi connectivity index (χ4n) is 4.56. The molecule has 50 heavy (non-hydrogen) atoms. The topological polar surface area (TPSA) is 99.1 Å². The van der Waals surface area contributed by atoms with Crippen LogP contribution >= 0.6 is 0 Å². The Kier molecular flexibility index (Phi) is 30.0. The Morgan fingerprint density at radius 1 is 0.620 bits per heavy atom. The summed E-state index contributed by atoms with van der Waals surface area (Å²) < 4.78 is 17.0. The lowest BCUT2D eigenvalue weighted by molar-refractivity contribution is -0.887. The Morgan fingerprint density at radius 3 is 1.76 bits per heavy atom. The first-order valence-corrected chi connectivity index (χ1v) is 18.4. The Hall–Kier alpha value is -3.75. The van der Waals surface area contributed by atoms with Gasteiger partial charge < -0.3 is 23.8 Å². The van der Waals surface area contributed by atoms with Crippen molar-refractivity contribution >= 4 is 17.9 Å². The van der Waals surface area contributed by atoms with Crippen molar-refractivity contribution in [2.75, 3.05) is 41.0 Å². The summed E-state index contributed by atoms with van der Waals surface area (Å²) in [5, 5.41) is 9.56. The van der Waals surface area contributed by atoms with Gasteiger partial charge in [0, 0.05) is 19.3 Å². The van der Waals surface area contributed by atoms with E-state index in [0.29, 0.717) is 19.3 Å². The Balaban J connectivity index is 4.56. The molecule has 8 nitrogen and oxygen atoms in total. The summed E-state index contributed by atoms with van der Waals surface area (Å²) in [6.45, 7) is 4.38. The number of nitrogens with zero attached hydrogens (tertiary/aromatic N) is 1. The van der Waals surface area contributed by atoms with Gasteiger partial charge in [-0.25, -0.2) is 4.79 Å². The minimum absolute atomic E-state index is 0.0233. The molecule has 0 bridgehead atoms. The van der Waals surface area contributed by atoms with E-state index in [1.165, 1.54) is 12.8 Å². The molecule has 0 aromatic heterocycles. The van der Waals surface area contributed by atoms with Crippen LogP contribution in [0.15, 0.2) is 97.2 Å². The van der Waals surface area contributed by atoms with Gasteiger partial charge in [0.1, 0.15) is 6.61 Å². The van der Waals surface area contributed by atoms with E-state index in [-0.39, 0.29) is 49.1 Å². The van der Waals surface area contributed by atoms with Gasteiger partial charge in [-0.15, -0.1) is 0 Å². The summed E-state index contributed by atoms with van der Waals surface area (Å²) in [7, 11) is 5.47. The van der Waals surface area contributed by atoms with Crippen LogP contribution in [0.1, 0.15) is 97.3 Å². The van der Waals surface area contributed by atoms with Gasteiger partial charge in [-0.05, 0) is 44.9 Å². The van der Waals surface area contributed by atoms with Crippen LogP contribution in [0, 0.1) is 0 Å². The minimum atomic E-state index is -0.895. The molecule has 0 saturated heterocycles. The number of unbranched alkanes of at least 4 members (excludes halogenated alkanes) is 6. The number of rotatable bonds is 30. The second kappa shape index (κ2) is 32.5. The van der Waals surface area contributed by atoms with Crippen molar-refractivity contribution in [1.82, 2.24) is 0 Å². The summed E-state index contributed by atoms with van der Waals surface area (Å²) in [5.41, 5.74) is 0. The van der Waals surface area contributed by atoms with E-state index >= 15 is 0 Å². The van der Waals surface area contributed by atoms with E-state index in [1.54, 1.807) is 0 Å². The number of likely N-dealkylation sites (N-methyl/N-ethyl adjacent to an activating group) is 1. The molecule has 0 heterocycles. The van der Waals surface area contributed by atoms with E-state index in [2.05, 4.69) is 32.1 Å². The average Bonchev–Trinajstić information content (AvgIpc) is 3.06. The number of quaternary nitrogens is 1. The normalized spacial score (nSPS) is 14.2. The van der Waals surface area contributed by atoms with Gasteiger partial charge in [0.25, 0.3) is 0 Å². The van der Waals surface area contributed by atoms with Gasteiger partial charge >= 0.3 is 17.9 Å². The van der Waals surface area contributed by atoms with Gasteiger partial charge in [-0.2, -0.15) is 0 Å². The molecule has 0 aromatic rings. The third-order valence-corrected chi connectivity index (χ3v) is 7.43. The summed E-state index contributed by atoms with van der Waals surface area (Å²) in [5.74, 6) is -1.62.